The quantitative estimate of drug-likeness (QED) is 0.570. The molecule has 0 amide bonds. The number of rotatable bonds is 4. The molecule has 0 spiro atoms. The van der Waals surface area contributed by atoms with E-state index in [1.54, 1.807) is 0 Å². The molecular formula is C23H22ClNS. The first-order valence-corrected chi connectivity index (χ1v) is 10.2. The van der Waals surface area contributed by atoms with E-state index in [9.17, 15) is 0 Å². The van der Waals surface area contributed by atoms with Gasteiger partial charge < -0.3 is 5.32 Å². The lowest BCUT2D eigenvalue weighted by Crippen LogP contribution is -2.33. The first-order valence-electron chi connectivity index (χ1n) is 9.04. The second-order valence-corrected chi connectivity index (χ2v) is 8.43. The van der Waals surface area contributed by atoms with Gasteiger partial charge in [0.1, 0.15) is 0 Å². The summed E-state index contributed by atoms with van der Waals surface area (Å²) in [6.07, 6.45) is 1.98. The molecular weight excluding hydrogens is 358 g/mol. The minimum Gasteiger partial charge on any atom is -0.307 e. The van der Waals surface area contributed by atoms with Crippen molar-refractivity contribution in [3.05, 3.63) is 94.5 Å². The topological polar surface area (TPSA) is 12.0 Å². The molecule has 0 radical (unpaired) electrons. The summed E-state index contributed by atoms with van der Waals surface area (Å²) >= 11 is 8.12. The number of hydrogen-bond acceptors (Lipinski definition) is 2. The molecule has 0 aliphatic carbocycles. The first kappa shape index (κ1) is 17.7. The van der Waals surface area contributed by atoms with Crippen LogP contribution in [0.4, 0.5) is 0 Å². The van der Waals surface area contributed by atoms with E-state index >= 15 is 0 Å². The Labute approximate surface area is 164 Å². The molecule has 0 unspecified atom stereocenters. The zero-order valence-corrected chi connectivity index (χ0v) is 16.4. The van der Waals surface area contributed by atoms with Crippen molar-refractivity contribution in [1.82, 2.24) is 5.32 Å². The van der Waals surface area contributed by atoms with Crippen molar-refractivity contribution in [2.75, 3.05) is 0 Å². The number of hydrogen-bond donors (Lipinski definition) is 1. The van der Waals surface area contributed by atoms with Crippen LogP contribution in [0, 0.1) is 0 Å². The van der Waals surface area contributed by atoms with Crippen LogP contribution >= 0.6 is 23.4 Å². The zero-order valence-electron chi connectivity index (χ0n) is 14.8. The summed E-state index contributed by atoms with van der Waals surface area (Å²) in [5.41, 5.74) is 4.07. The Balaban J connectivity index is 1.61. The number of nitrogens with one attached hydrogen (secondary N) is 1. The fourth-order valence-corrected chi connectivity index (χ4v) is 4.95. The molecule has 0 saturated carbocycles. The Kier molecular flexibility index (Phi) is 5.35. The molecule has 3 aromatic rings. The molecule has 1 aliphatic heterocycles. The SMILES string of the molecule is C[C@H](Cc1ccccc1)N[C@H]1Cc2cc(Cl)ccc2Sc2ccccc21. The van der Waals surface area contributed by atoms with Crippen LogP contribution in [0.2, 0.25) is 5.02 Å². The van der Waals surface area contributed by atoms with Gasteiger partial charge in [-0.15, -0.1) is 0 Å². The highest BCUT2D eigenvalue weighted by atomic mass is 35.5. The van der Waals surface area contributed by atoms with Crippen LogP contribution in [-0.2, 0) is 12.8 Å². The summed E-state index contributed by atoms with van der Waals surface area (Å²) in [4.78, 5) is 2.64. The number of benzene rings is 3. The summed E-state index contributed by atoms with van der Waals surface area (Å²) in [5.74, 6) is 0. The minimum absolute atomic E-state index is 0.289. The Morgan fingerprint density at radius 3 is 2.62 bits per heavy atom. The monoisotopic (exact) mass is 379 g/mol. The van der Waals surface area contributed by atoms with Crippen LogP contribution < -0.4 is 5.32 Å². The fraction of sp³-hybridized carbons (Fsp3) is 0.217. The molecule has 4 rings (SSSR count). The molecule has 132 valence electrons. The van der Waals surface area contributed by atoms with Crippen molar-refractivity contribution >= 4 is 23.4 Å². The lowest BCUT2D eigenvalue weighted by atomic mass is 9.97. The standard InChI is InChI=1S/C23H22ClNS/c1-16(13-17-7-3-2-4-8-17)25-21-15-18-14-19(24)11-12-22(18)26-23-10-6-5-9-20(21)23/h2-12,14,16,21,25H,13,15H2,1H3/t16-,21+/m1/s1. The van der Waals surface area contributed by atoms with Crippen LogP contribution in [0.3, 0.4) is 0 Å². The number of fused-ring (bicyclic) bond motifs is 2. The van der Waals surface area contributed by atoms with Gasteiger partial charge in [-0.25, -0.2) is 0 Å². The molecule has 3 heteroatoms. The van der Waals surface area contributed by atoms with E-state index in [-0.39, 0.29) is 6.04 Å². The lowest BCUT2D eigenvalue weighted by Gasteiger charge is -2.24. The van der Waals surface area contributed by atoms with E-state index in [1.165, 1.54) is 26.5 Å². The molecule has 1 N–H and O–H groups in total. The summed E-state index contributed by atoms with van der Waals surface area (Å²) in [6.45, 7) is 2.27. The molecule has 1 heterocycles. The van der Waals surface area contributed by atoms with Gasteiger partial charge >= 0.3 is 0 Å². The molecule has 0 saturated heterocycles. The van der Waals surface area contributed by atoms with Gasteiger partial charge in [0, 0.05) is 26.9 Å². The van der Waals surface area contributed by atoms with Crippen molar-refractivity contribution in [3.8, 4) is 0 Å². The summed E-state index contributed by atoms with van der Waals surface area (Å²) < 4.78 is 0. The van der Waals surface area contributed by atoms with Crippen molar-refractivity contribution in [3.63, 3.8) is 0 Å². The minimum atomic E-state index is 0.289. The summed E-state index contributed by atoms with van der Waals surface area (Å²) in [5, 5.41) is 4.68. The Hall–Kier alpha value is -1.74. The molecule has 1 aliphatic rings. The maximum atomic E-state index is 6.27. The molecule has 26 heavy (non-hydrogen) atoms. The maximum absolute atomic E-state index is 6.27. The fourth-order valence-electron chi connectivity index (χ4n) is 3.64. The Morgan fingerprint density at radius 2 is 1.77 bits per heavy atom. The maximum Gasteiger partial charge on any atom is 0.0409 e. The van der Waals surface area contributed by atoms with Gasteiger partial charge in [0.15, 0.2) is 0 Å². The summed E-state index contributed by atoms with van der Waals surface area (Å²) in [6, 6.07) is 26.4. The molecule has 0 aromatic heterocycles. The highest BCUT2D eigenvalue weighted by molar-refractivity contribution is 7.99. The highest BCUT2D eigenvalue weighted by Gasteiger charge is 2.23. The Bertz CT molecular complexity index is 894. The smallest absolute Gasteiger partial charge is 0.0409 e. The molecule has 1 nitrogen and oxygen atoms in total. The van der Waals surface area contributed by atoms with Gasteiger partial charge in [-0.3, -0.25) is 0 Å². The van der Waals surface area contributed by atoms with E-state index in [4.69, 9.17) is 11.6 Å². The van der Waals surface area contributed by atoms with Crippen LogP contribution in [0.25, 0.3) is 0 Å². The Morgan fingerprint density at radius 1 is 1.00 bits per heavy atom. The third-order valence-corrected chi connectivity index (χ3v) is 6.28. The average molecular weight is 380 g/mol. The first-order chi connectivity index (χ1) is 12.7. The second kappa shape index (κ2) is 7.87. The van der Waals surface area contributed by atoms with E-state index in [0.29, 0.717) is 6.04 Å². The van der Waals surface area contributed by atoms with Crippen molar-refractivity contribution < 1.29 is 0 Å². The largest absolute Gasteiger partial charge is 0.307 e. The van der Waals surface area contributed by atoms with E-state index < -0.39 is 0 Å². The van der Waals surface area contributed by atoms with Gasteiger partial charge in [-0.05, 0) is 60.7 Å². The van der Waals surface area contributed by atoms with Crippen LogP contribution in [-0.4, -0.2) is 6.04 Å². The van der Waals surface area contributed by atoms with Gasteiger partial charge in [0.2, 0.25) is 0 Å². The third-order valence-electron chi connectivity index (χ3n) is 4.83. The lowest BCUT2D eigenvalue weighted by molar-refractivity contribution is 0.446. The molecule has 0 fully saturated rings. The third kappa shape index (κ3) is 3.98. The van der Waals surface area contributed by atoms with Crippen LogP contribution in [0.1, 0.15) is 29.7 Å². The summed E-state index contributed by atoms with van der Waals surface area (Å²) in [7, 11) is 0. The van der Waals surface area contributed by atoms with E-state index in [0.717, 1.165) is 17.9 Å². The normalized spacial score (nSPS) is 17.1. The van der Waals surface area contributed by atoms with Crippen molar-refractivity contribution in [2.24, 2.45) is 0 Å². The van der Waals surface area contributed by atoms with Crippen molar-refractivity contribution in [2.45, 2.75) is 41.6 Å². The number of halogens is 1. The zero-order chi connectivity index (χ0) is 17.9. The van der Waals surface area contributed by atoms with Crippen LogP contribution in [0.15, 0.2) is 82.6 Å². The van der Waals surface area contributed by atoms with Crippen molar-refractivity contribution in [1.29, 1.82) is 0 Å². The van der Waals surface area contributed by atoms with Crippen LogP contribution in [0.5, 0.6) is 0 Å². The average Bonchev–Trinajstić information content (AvgIpc) is 2.79. The second-order valence-electron chi connectivity index (χ2n) is 6.91. The highest BCUT2D eigenvalue weighted by Crippen LogP contribution is 2.41. The molecule has 3 aromatic carbocycles. The van der Waals surface area contributed by atoms with Gasteiger partial charge in [0.25, 0.3) is 0 Å². The predicted octanol–water partition coefficient (Wildman–Crippen LogP) is 6.31. The van der Waals surface area contributed by atoms with E-state index in [1.807, 2.05) is 17.8 Å². The van der Waals surface area contributed by atoms with Gasteiger partial charge in [0.05, 0.1) is 0 Å². The molecule has 0 bridgehead atoms. The molecule has 2 atom stereocenters. The van der Waals surface area contributed by atoms with Gasteiger partial charge in [-0.2, -0.15) is 0 Å². The predicted molar refractivity (Wildman–Crippen MR) is 111 cm³/mol. The van der Waals surface area contributed by atoms with Gasteiger partial charge in [-0.1, -0.05) is 71.9 Å². The van der Waals surface area contributed by atoms with E-state index in [2.05, 4.69) is 79.0 Å².